The number of rotatable bonds is 9. The van der Waals surface area contributed by atoms with Crippen LogP contribution in [0.25, 0.3) is 11.2 Å². The van der Waals surface area contributed by atoms with E-state index in [-0.39, 0.29) is 11.6 Å². The van der Waals surface area contributed by atoms with Gasteiger partial charge in [0.15, 0.2) is 17.7 Å². The highest BCUT2D eigenvalue weighted by Crippen LogP contribution is 2.48. The predicted octanol–water partition coefficient (Wildman–Crippen LogP) is 0.771. The van der Waals surface area contributed by atoms with Gasteiger partial charge >= 0.3 is 13.7 Å². The van der Waals surface area contributed by atoms with Gasteiger partial charge in [-0.3, -0.25) is 13.9 Å². The number of fused-ring (bicyclic) bond motifs is 1. The molecule has 1 fully saturated rings. The number of carbonyl (C=O) groups excluding carboxylic acids is 1. The van der Waals surface area contributed by atoms with Crippen LogP contribution in [0.1, 0.15) is 20.1 Å². The second-order valence-corrected chi connectivity index (χ2v) is 9.79. The van der Waals surface area contributed by atoms with Gasteiger partial charge in [-0.1, -0.05) is 18.2 Å². The molecule has 0 saturated carbocycles. The summed E-state index contributed by atoms with van der Waals surface area (Å²) in [5.74, 6) is -0.334. The van der Waals surface area contributed by atoms with E-state index in [0.717, 1.165) is 0 Å². The lowest BCUT2D eigenvalue weighted by Gasteiger charge is -2.28. The van der Waals surface area contributed by atoms with Crippen LogP contribution in [0.3, 0.4) is 0 Å². The van der Waals surface area contributed by atoms with E-state index in [1.807, 2.05) is 0 Å². The Morgan fingerprint density at radius 1 is 1.19 bits per heavy atom. The number of nitrogen functional groups attached to an aromatic ring is 1. The summed E-state index contributed by atoms with van der Waals surface area (Å²) >= 11 is 0. The average molecular weight is 522 g/mol. The molecule has 2 aromatic heterocycles. The number of nitrogens with zero attached hydrogens (tertiary/aromatic N) is 4. The molecule has 4 rings (SSSR count). The molecule has 0 spiro atoms. The molecule has 0 radical (unpaired) electrons. The Hall–Kier alpha value is -3.13. The van der Waals surface area contributed by atoms with E-state index >= 15 is 0 Å². The van der Waals surface area contributed by atoms with Crippen molar-refractivity contribution in [1.29, 1.82) is 0 Å². The summed E-state index contributed by atoms with van der Waals surface area (Å²) in [5.41, 5.74) is 6.42. The maximum absolute atomic E-state index is 13.7. The van der Waals surface area contributed by atoms with E-state index < -0.39 is 50.4 Å². The van der Waals surface area contributed by atoms with Gasteiger partial charge in [-0.05, 0) is 26.0 Å². The Morgan fingerprint density at radius 3 is 2.61 bits per heavy atom. The largest absolute Gasteiger partial charge is 0.468 e. The summed E-state index contributed by atoms with van der Waals surface area (Å²) in [6, 6.07) is 7.15. The number of imidazole rings is 1. The summed E-state index contributed by atoms with van der Waals surface area (Å²) in [6.45, 7) is 2.92. The number of nitrogens with one attached hydrogen (secondary N) is 1. The predicted molar refractivity (Wildman–Crippen MR) is 125 cm³/mol. The summed E-state index contributed by atoms with van der Waals surface area (Å²) in [5, 5.41) is 24.0. The fraction of sp³-hybridized carbons (Fsp3) is 0.429. The molecule has 14 nitrogen and oxygen atoms in total. The number of hydrogen-bond acceptors (Lipinski definition) is 12. The molecule has 5 unspecified atom stereocenters. The van der Waals surface area contributed by atoms with Crippen LogP contribution >= 0.6 is 7.75 Å². The van der Waals surface area contributed by atoms with Crippen LogP contribution < -0.4 is 15.3 Å². The standard InChI is InChI=1S/C21H27N6O8P/c1-11(21(30)32-3)26-36(31,35-13-7-5-4-6-8-13)34-12(2)17-15(28)16(29)20(33-17)27-10-25-14-18(22)23-9-24-19(14)27/h4-12,15-17,20,28-29H,1-3H3,(H,26,31)(H2,22,23,24)/t11?,12?,15-,16+,17?,20?,36?/m0/s1. The van der Waals surface area contributed by atoms with E-state index in [1.54, 1.807) is 30.3 Å². The van der Waals surface area contributed by atoms with Crippen LogP contribution in [0.5, 0.6) is 5.75 Å². The van der Waals surface area contributed by atoms with E-state index in [9.17, 15) is 19.6 Å². The molecule has 1 aliphatic heterocycles. The normalized spacial score (nSPS) is 25.2. The fourth-order valence-electron chi connectivity index (χ4n) is 3.80. The van der Waals surface area contributed by atoms with Crippen LogP contribution in [-0.4, -0.2) is 73.3 Å². The van der Waals surface area contributed by atoms with Crippen LogP contribution in [0, 0.1) is 0 Å². The number of anilines is 1. The summed E-state index contributed by atoms with van der Waals surface area (Å²) in [6.07, 6.45) is -3.59. The molecule has 5 N–H and O–H groups in total. The lowest BCUT2D eigenvalue weighted by Crippen LogP contribution is -2.41. The van der Waals surface area contributed by atoms with Crippen molar-refractivity contribution in [2.75, 3.05) is 12.8 Å². The summed E-state index contributed by atoms with van der Waals surface area (Å²) in [4.78, 5) is 24.1. The van der Waals surface area contributed by atoms with Crippen molar-refractivity contribution in [2.24, 2.45) is 0 Å². The third-order valence-corrected chi connectivity index (χ3v) is 7.34. The van der Waals surface area contributed by atoms with E-state index in [4.69, 9.17) is 19.5 Å². The quantitative estimate of drug-likeness (QED) is 0.228. The van der Waals surface area contributed by atoms with Gasteiger partial charge in [-0.25, -0.2) is 19.5 Å². The van der Waals surface area contributed by atoms with Crippen LogP contribution in [0.15, 0.2) is 43.0 Å². The second-order valence-electron chi connectivity index (χ2n) is 8.14. The Kier molecular flexibility index (Phi) is 7.54. The van der Waals surface area contributed by atoms with Crippen LogP contribution in [0.2, 0.25) is 0 Å². The smallest absolute Gasteiger partial charge is 0.459 e. The number of ether oxygens (including phenoxy) is 2. The van der Waals surface area contributed by atoms with Gasteiger partial charge in [-0.15, -0.1) is 0 Å². The van der Waals surface area contributed by atoms with Crippen molar-refractivity contribution in [3.63, 3.8) is 0 Å². The number of hydrogen-bond donors (Lipinski definition) is 4. The SMILES string of the molecule is COC(=O)C(C)NP(=O)(Oc1ccccc1)OC(C)C1OC(n2cnc3c(N)ncnc32)[C@H](O)[C@@H]1O. The highest BCUT2D eigenvalue weighted by molar-refractivity contribution is 7.52. The minimum absolute atomic E-state index is 0.143. The number of aliphatic hydroxyl groups excluding tert-OH is 2. The van der Waals surface area contributed by atoms with Crippen molar-refractivity contribution < 1.29 is 38.1 Å². The Labute approximate surface area is 206 Å². The molecule has 1 aliphatic rings. The topological polar surface area (TPSA) is 193 Å². The number of para-hydroxylation sites is 1. The van der Waals surface area contributed by atoms with Gasteiger partial charge in [0.05, 0.1) is 19.5 Å². The Bertz CT molecular complexity index is 1260. The Balaban J connectivity index is 1.56. The maximum Gasteiger partial charge on any atom is 0.459 e. The van der Waals surface area contributed by atoms with E-state index in [0.29, 0.717) is 11.2 Å². The van der Waals surface area contributed by atoms with Gasteiger partial charge in [0.25, 0.3) is 0 Å². The van der Waals surface area contributed by atoms with Crippen LogP contribution in [0.4, 0.5) is 5.82 Å². The second kappa shape index (κ2) is 10.5. The number of carbonyl (C=O) groups is 1. The minimum Gasteiger partial charge on any atom is -0.468 e. The molecule has 15 heteroatoms. The molecule has 3 heterocycles. The molecular formula is C21H27N6O8P. The van der Waals surface area contributed by atoms with E-state index in [2.05, 4.69) is 24.8 Å². The molecule has 36 heavy (non-hydrogen) atoms. The molecular weight excluding hydrogens is 495 g/mol. The third kappa shape index (κ3) is 5.19. The minimum atomic E-state index is -4.22. The number of esters is 1. The first-order chi connectivity index (χ1) is 17.1. The first-order valence-electron chi connectivity index (χ1n) is 11.0. The average Bonchev–Trinajstić information content (AvgIpc) is 3.40. The molecule has 0 amide bonds. The van der Waals surface area contributed by atoms with E-state index in [1.165, 1.54) is 38.2 Å². The molecule has 3 aromatic rings. The van der Waals surface area contributed by atoms with Crippen molar-refractivity contribution in [1.82, 2.24) is 24.6 Å². The first-order valence-corrected chi connectivity index (χ1v) is 12.5. The number of aromatic nitrogens is 4. The fourth-order valence-corrected chi connectivity index (χ4v) is 5.50. The van der Waals surface area contributed by atoms with Crippen molar-refractivity contribution >= 4 is 30.7 Å². The zero-order valence-electron chi connectivity index (χ0n) is 19.7. The lowest BCUT2D eigenvalue weighted by atomic mass is 10.1. The highest BCUT2D eigenvalue weighted by atomic mass is 31.2. The van der Waals surface area contributed by atoms with Gasteiger partial charge in [0.1, 0.15) is 41.9 Å². The monoisotopic (exact) mass is 522 g/mol. The molecule has 0 bridgehead atoms. The van der Waals surface area contributed by atoms with Crippen molar-refractivity contribution in [2.45, 2.75) is 50.5 Å². The first kappa shape index (κ1) is 25.9. The number of nitrogens with two attached hydrogens (primary N) is 1. The number of methoxy groups -OCH3 is 1. The highest BCUT2D eigenvalue weighted by Gasteiger charge is 2.49. The summed E-state index contributed by atoms with van der Waals surface area (Å²) < 4.78 is 37.0. The molecule has 1 saturated heterocycles. The summed E-state index contributed by atoms with van der Waals surface area (Å²) in [7, 11) is -3.03. The zero-order valence-corrected chi connectivity index (χ0v) is 20.6. The molecule has 1 aromatic carbocycles. The molecule has 0 aliphatic carbocycles. The van der Waals surface area contributed by atoms with Gasteiger partial charge in [0.2, 0.25) is 0 Å². The van der Waals surface area contributed by atoms with Gasteiger partial charge in [0, 0.05) is 0 Å². The Morgan fingerprint density at radius 2 is 1.92 bits per heavy atom. The molecule has 7 atom stereocenters. The van der Waals surface area contributed by atoms with Crippen LogP contribution in [-0.2, 0) is 23.4 Å². The maximum atomic E-state index is 13.7. The number of aliphatic hydroxyl groups is 2. The lowest BCUT2D eigenvalue weighted by molar-refractivity contribution is -0.142. The molecule has 194 valence electrons. The van der Waals surface area contributed by atoms with Crippen molar-refractivity contribution in [3.8, 4) is 5.75 Å². The van der Waals surface area contributed by atoms with Gasteiger partial charge < -0.3 is 29.9 Å². The third-order valence-electron chi connectivity index (χ3n) is 5.58. The van der Waals surface area contributed by atoms with Gasteiger partial charge in [-0.2, -0.15) is 5.09 Å². The number of benzene rings is 1. The zero-order chi connectivity index (χ0) is 26.0. The van der Waals surface area contributed by atoms with Crippen molar-refractivity contribution in [3.05, 3.63) is 43.0 Å².